The number of carbonyl (C=O) groups is 2. The summed E-state index contributed by atoms with van der Waals surface area (Å²) in [6.45, 7) is 4.13. The van der Waals surface area contributed by atoms with Crippen LogP contribution in [0.1, 0.15) is 28.4 Å². The molecule has 0 aliphatic heterocycles. The van der Waals surface area contributed by atoms with Gasteiger partial charge in [0.1, 0.15) is 0 Å². The van der Waals surface area contributed by atoms with Gasteiger partial charge in [-0.05, 0) is 67.4 Å². The number of hydrogen-bond donors (Lipinski definition) is 2. The van der Waals surface area contributed by atoms with E-state index in [4.69, 9.17) is 9.47 Å². The van der Waals surface area contributed by atoms with E-state index in [0.29, 0.717) is 17.9 Å². The molecule has 0 spiro atoms. The number of nitro benzene ring substituents is 1. The maximum absolute atomic E-state index is 12.4. The average Bonchev–Trinajstić information content (AvgIpc) is 2.84. The van der Waals surface area contributed by atoms with E-state index in [-0.39, 0.29) is 29.5 Å². The predicted octanol–water partition coefficient (Wildman–Crippen LogP) is 4.08. The molecule has 10 heteroatoms. The van der Waals surface area contributed by atoms with Crippen molar-refractivity contribution in [2.24, 2.45) is 5.10 Å². The number of nitrogens with zero attached hydrogens (tertiary/aromatic N) is 2. The Bertz CT molecular complexity index is 1240. The van der Waals surface area contributed by atoms with Gasteiger partial charge >= 0.3 is 5.97 Å². The van der Waals surface area contributed by atoms with Gasteiger partial charge in [-0.15, -0.1) is 0 Å². The second-order valence-electron chi connectivity index (χ2n) is 7.35. The van der Waals surface area contributed by atoms with Gasteiger partial charge in [0.25, 0.3) is 11.6 Å². The monoisotopic (exact) mass is 476 g/mol. The van der Waals surface area contributed by atoms with Crippen LogP contribution in [0.15, 0.2) is 71.8 Å². The quantitative estimate of drug-likeness (QED) is 0.148. The molecular weight excluding hydrogens is 452 g/mol. The number of nitrogens with one attached hydrogen (secondary N) is 2. The lowest BCUT2D eigenvalue weighted by atomic mass is 10.2. The van der Waals surface area contributed by atoms with Crippen molar-refractivity contribution in [2.75, 3.05) is 18.5 Å². The first-order chi connectivity index (χ1) is 16.9. The van der Waals surface area contributed by atoms with Crippen molar-refractivity contribution in [3.05, 3.63) is 93.5 Å². The molecule has 10 nitrogen and oxygen atoms in total. The molecule has 0 atom stereocenters. The van der Waals surface area contributed by atoms with Gasteiger partial charge in [-0.1, -0.05) is 12.1 Å². The number of amides is 1. The Kier molecular flexibility index (Phi) is 8.49. The molecule has 0 aliphatic rings. The first kappa shape index (κ1) is 24.9. The highest BCUT2D eigenvalue weighted by molar-refractivity contribution is 5.92. The minimum absolute atomic E-state index is 0.0581. The van der Waals surface area contributed by atoms with Crippen LogP contribution in [0, 0.1) is 17.0 Å². The molecule has 180 valence electrons. The third kappa shape index (κ3) is 7.39. The Labute approximate surface area is 201 Å². The molecular formula is C25H24N4O6. The molecule has 2 N–H and O–H groups in total. The summed E-state index contributed by atoms with van der Waals surface area (Å²) in [6, 6.07) is 17.5. The first-order valence-corrected chi connectivity index (χ1v) is 10.7. The van der Waals surface area contributed by atoms with Crippen LogP contribution in [0.4, 0.5) is 11.4 Å². The summed E-state index contributed by atoms with van der Waals surface area (Å²) >= 11 is 0. The largest absolute Gasteiger partial charge is 0.490 e. The Hall–Kier alpha value is -4.73. The molecule has 0 bridgehead atoms. The van der Waals surface area contributed by atoms with Crippen LogP contribution in [0.25, 0.3) is 0 Å². The topological polar surface area (TPSA) is 132 Å². The highest BCUT2D eigenvalue weighted by Gasteiger charge is 2.15. The molecule has 3 aromatic rings. The van der Waals surface area contributed by atoms with Crippen LogP contribution in [-0.4, -0.2) is 36.2 Å². The third-order valence-electron chi connectivity index (χ3n) is 4.66. The normalized spacial score (nSPS) is 10.6. The maximum Gasteiger partial charge on any atom is 0.343 e. The SMILES string of the molecule is CCOc1cc(/C=N\NC(=O)CNc2cccc(C)c2)ccc1OC(=O)c1ccc([N+](=O)[O-])cc1. The first-order valence-electron chi connectivity index (χ1n) is 10.7. The van der Waals surface area contributed by atoms with E-state index >= 15 is 0 Å². The number of anilines is 1. The van der Waals surface area contributed by atoms with Crippen molar-refractivity contribution < 1.29 is 24.0 Å². The Morgan fingerprint density at radius 1 is 1.06 bits per heavy atom. The summed E-state index contributed by atoms with van der Waals surface area (Å²) in [5.41, 5.74) is 5.00. The van der Waals surface area contributed by atoms with Crippen LogP contribution in [-0.2, 0) is 4.79 Å². The van der Waals surface area contributed by atoms with Crippen molar-refractivity contribution >= 4 is 29.5 Å². The van der Waals surface area contributed by atoms with Crippen molar-refractivity contribution in [1.29, 1.82) is 0 Å². The van der Waals surface area contributed by atoms with Crippen molar-refractivity contribution in [3.8, 4) is 11.5 Å². The van der Waals surface area contributed by atoms with Crippen LogP contribution < -0.4 is 20.2 Å². The number of aryl methyl sites for hydroxylation is 1. The molecule has 0 aliphatic carbocycles. The fraction of sp³-hybridized carbons (Fsp3) is 0.160. The van der Waals surface area contributed by atoms with Gasteiger partial charge in [-0.25, -0.2) is 10.2 Å². The minimum Gasteiger partial charge on any atom is -0.490 e. The highest BCUT2D eigenvalue weighted by atomic mass is 16.6. The molecule has 0 unspecified atom stereocenters. The van der Waals surface area contributed by atoms with Gasteiger partial charge in [0.2, 0.25) is 0 Å². The summed E-state index contributed by atoms with van der Waals surface area (Å²) in [4.78, 5) is 34.7. The molecule has 0 saturated carbocycles. The van der Waals surface area contributed by atoms with E-state index in [9.17, 15) is 19.7 Å². The molecule has 0 radical (unpaired) electrons. The molecule has 1 amide bonds. The van der Waals surface area contributed by atoms with E-state index in [1.807, 2.05) is 31.2 Å². The Morgan fingerprint density at radius 3 is 2.51 bits per heavy atom. The lowest BCUT2D eigenvalue weighted by Gasteiger charge is -2.11. The summed E-state index contributed by atoms with van der Waals surface area (Å²) < 4.78 is 11.0. The molecule has 0 saturated heterocycles. The Morgan fingerprint density at radius 2 is 1.83 bits per heavy atom. The van der Waals surface area contributed by atoms with Crippen molar-refractivity contribution in [3.63, 3.8) is 0 Å². The van der Waals surface area contributed by atoms with Crippen molar-refractivity contribution in [1.82, 2.24) is 5.43 Å². The van der Waals surface area contributed by atoms with Crippen LogP contribution in [0.2, 0.25) is 0 Å². The third-order valence-corrected chi connectivity index (χ3v) is 4.66. The van der Waals surface area contributed by atoms with E-state index in [1.165, 1.54) is 36.5 Å². The average molecular weight is 476 g/mol. The van der Waals surface area contributed by atoms with Gasteiger partial charge in [-0.3, -0.25) is 14.9 Å². The van der Waals surface area contributed by atoms with E-state index in [2.05, 4.69) is 15.8 Å². The zero-order valence-corrected chi connectivity index (χ0v) is 19.2. The number of benzene rings is 3. The summed E-state index contributed by atoms with van der Waals surface area (Å²) in [5.74, 6) is -0.519. The smallest absolute Gasteiger partial charge is 0.343 e. The maximum atomic E-state index is 12.4. The zero-order valence-electron chi connectivity index (χ0n) is 19.2. The fourth-order valence-corrected chi connectivity index (χ4v) is 2.99. The fourth-order valence-electron chi connectivity index (χ4n) is 2.99. The summed E-state index contributed by atoms with van der Waals surface area (Å²) in [6.07, 6.45) is 1.44. The molecule has 3 rings (SSSR count). The lowest BCUT2D eigenvalue weighted by Crippen LogP contribution is -2.25. The Balaban J connectivity index is 1.60. The molecule has 0 heterocycles. The van der Waals surface area contributed by atoms with Gasteiger partial charge in [0.15, 0.2) is 11.5 Å². The minimum atomic E-state index is -0.685. The van der Waals surface area contributed by atoms with Crippen LogP contribution >= 0.6 is 0 Å². The molecule has 3 aromatic carbocycles. The van der Waals surface area contributed by atoms with E-state index in [0.717, 1.165) is 11.3 Å². The second kappa shape index (κ2) is 11.9. The number of nitro groups is 1. The number of ether oxygens (including phenoxy) is 2. The number of esters is 1. The number of hydrogen-bond acceptors (Lipinski definition) is 8. The summed E-state index contributed by atoms with van der Waals surface area (Å²) in [7, 11) is 0. The molecule has 0 aromatic heterocycles. The van der Waals surface area contributed by atoms with Gasteiger partial charge < -0.3 is 14.8 Å². The number of carbonyl (C=O) groups excluding carboxylic acids is 2. The predicted molar refractivity (Wildman–Crippen MR) is 131 cm³/mol. The van der Waals surface area contributed by atoms with E-state index < -0.39 is 10.9 Å². The van der Waals surface area contributed by atoms with Gasteiger partial charge in [0.05, 0.1) is 29.9 Å². The number of hydrazone groups is 1. The second-order valence-corrected chi connectivity index (χ2v) is 7.35. The van der Waals surface area contributed by atoms with Crippen LogP contribution in [0.3, 0.4) is 0 Å². The lowest BCUT2D eigenvalue weighted by molar-refractivity contribution is -0.384. The molecule has 35 heavy (non-hydrogen) atoms. The zero-order chi connectivity index (χ0) is 25.2. The van der Waals surface area contributed by atoms with Gasteiger partial charge in [0, 0.05) is 17.8 Å². The standard InChI is InChI=1S/C25H24N4O6/c1-3-34-23-14-18(15-27-28-24(30)16-26-20-6-4-5-17(2)13-20)7-12-22(23)35-25(31)19-8-10-21(11-9-19)29(32)33/h4-15,26H,3,16H2,1-2H3,(H,28,30)/b27-15-. The van der Waals surface area contributed by atoms with Crippen LogP contribution in [0.5, 0.6) is 11.5 Å². The number of rotatable bonds is 10. The number of non-ortho nitro benzene ring substituents is 1. The molecule has 0 fully saturated rings. The van der Waals surface area contributed by atoms with Gasteiger partial charge in [-0.2, -0.15) is 5.10 Å². The van der Waals surface area contributed by atoms with Crippen molar-refractivity contribution in [2.45, 2.75) is 13.8 Å². The summed E-state index contributed by atoms with van der Waals surface area (Å²) in [5, 5.41) is 17.7. The van der Waals surface area contributed by atoms with E-state index in [1.54, 1.807) is 19.1 Å². The highest BCUT2D eigenvalue weighted by Crippen LogP contribution is 2.29.